The van der Waals surface area contributed by atoms with E-state index < -0.39 is 15.0 Å². The second kappa shape index (κ2) is 5.13. The molecule has 0 spiro atoms. The molecule has 1 aliphatic carbocycles. The summed E-state index contributed by atoms with van der Waals surface area (Å²) in [5.41, 5.74) is 0.107. The molecule has 0 aromatic carbocycles. The predicted molar refractivity (Wildman–Crippen MR) is 70.6 cm³/mol. The lowest BCUT2D eigenvalue weighted by Gasteiger charge is -2.03. The van der Waals surface area contributed by atoms with Crippen LogP contribution in [0.2, 0.25) is 0 Å². The highest BCUT2D eigenvalue weighted by atomic mass is 35.7. The van der Waals surface area contributed by atoms with Crippen molar-refractivity contribution in [3.63, 3.8) is 0 Å². The Balaban J connectivity index is 2.13. The van der Waals surface area contributed by atoms with E-state index in [0.717, 1.165) is 19.3 Å². The first kappa shape index (κ1) is 14.3. The van der Waals surface area contributed by atoms with Gasteiger partial charge in [-0.1, -0.05) is 13.3 Å². The van der Waals surface area contributed by atoms with Crippen molar-refractivity contribution < 1.29 is 13.2 Å². The van der Waals surface area contributed by atoms with E-state index in [1.165, 1.54) is 6.92 Å². The molecule has 1 fully saturated rings. The first-order valence-corrected chi connectivity index (χ1v) is 8.46. The number of carbonyl (C=O) groups is 1. The Morgan fingerprint density at radius 2 is 2.26 bits per heavy atom. The molecule has 0 aliphatic heterocycles. The van der Waals surface area contributed by atoms with Gasteiger partial charge in [-0.05, 0) is 25.7 Å². The second-order valence-electron chi connectivity index (χ2n) is 4.83. The Hall–Kier alpha value is -1.08. The summed E-state index contributed by atoms with van der Waals surface area (Å²) < 4.78 is 22.9. The van der Waals surface area contributed by atoms with E-state index in [4.69, 9.17) is 10.7 Å². The number of halogens is 1. The molecule has 1 aliphatic rings. The van der Waals surface area contributed by atoms with Crippen molar-refractivity contribution in [2.45, 2.75) is 44.0 Å². The van der Waals surface area contributed by atoms with Gasteiger partial charge in [0.1, 0.15) is 4.90 Å². The van der Waals surface area contributed by atoms with Crippen molar-refractivity contribution in [3.05, 3.63) is 11.4 Å². The van der Waals surface area contributed by atoms with Crippen LogP contribution in [-0.4, -0.2) is 30.6 Å². The number of nitrogens with one attached hydrogen (secondary N) is 2. The number of nitrogens with zero attached hydrogens (tertiary/aromatic N) is 1. The molecule has 2 N–H and O–H groups in total. The fourth-order valence-corrected chi connectivity index (χ4v) is 3.57. The Morgan fingerprint density at radius 3 is 2.84 bits per heavy atom. The molecule has 8 heteroatoms. The standard InChI is InChI=1S/C11H16ClN3O3S/c1-3-4-7-5-8(7)13-11(16)9-10(19(12,17)18)6(2)14-15-9/h7-8H,3-5H2,1-2H3,(H,13,16)(H,14,15). The molecule has 106 valence electrons. The van der Waals surface area contributed by atoms with Gasteiger partial charge in [-0.15, -0.1) is 0 Å². The highest BCUT2D eigenvalue weighted by Gasteiger charge is 2.38. The lowest BCUT2D eigenvalue weighted by Crippen LogP contribution is -2.28. The summed E-state index contributed by atoms with van der Waals surface area (Å²) in [6.45, 7) is 3.60. The maximum atomic E-state index is 12.0. The van der Waals surface area contributed by atoms with Crippen LogP contribution in [0, 0.1) is 12.8 Å². The zero-order chi connectivity index (χ0) is 14.2. The van der Waals surface area contributed by atoms with Gasteiger partial charge in [0.05, 0.1) is 5.69 Å². The van der Waals surface area contributed by atoms with Gasteiger partial charge in [0, 0.05) is 16.7 Å². The summed E-state index contributed by atoms with van der Waals surface area (Å²) in [5.74, 6) is -0.00257. The largest absolute Gasteiger partial charge is 0.348 e. The first-order valence-electron chi connectivity index (χ1n) is 6.15. The number of aromatic amines is 1. The number of hydrogen-bond donors (Lipinski definition) is 2. The molecule has 0 saturated heterocycles. The second-order valence-corrected chi connectivity index (χ2v) is 7.33. The molecular weight excluding hydrogens is 290 g/mol. The van der Waals surface area contributed by atoms with Gasteiger partial charge in [0.15, 0.2) is 5.69 Å². The molecule has 2 atom stereocenters. The van der Waals surface area contributed by atoms with Crippen LogP contribution in [0.1, 0.15) is 42.4 Å². The minimum atomic E-state index is -3.99. The van der Waals surface area contributed by atoms with Gasteiger partial charge in [0.2, 0.25) is 0 Å². The molecule has 1 aromatic rings. The number of rotatable bonds is 5. The smallest absolute Gasteiger partial charge is 0.273 e. The van der Waals surface area contributed by atoms with Crippen LogP contribution in [0.15, 0.2) is 4.90 Å². The number of aromatic nitrogens is 2. The van der Waals surface area contributed by atoms with Gasteiger partial charge in [-0.2, -0.15) is 5.10 Å². The molecule has 19 heavy (non-hydrogen) atoms. The monoisotopic (exact) mass is 305 g/mol. The lowest BCUT2D eigenvalue weighted by molar-refractivity contribution is 0.0940. The number of aryl methyl sites for hydroxylation is 1. The molecular formula is C11H16ClN3O3S. The normalized spacial score (nSPS) is 22.3. The predicted octanol–water partition coefficient (Wildman–Crippen LogP) is 1.56. The van der Waals surface area contributed by atoms with Gasteiger partial charge in [-0.3, -0.25) is 9.89 Å². The highest BCUT2D eigenvalue weighted by molar-refractivity contribution is 8.13. The van der Waals surface area contributed by atoms with Gasteiger partial charge in [-0.25, -0.2) is 8.42 Å². The van der Waals surface area contributed by atoms with Crippen LogP contribution < -0.4 is 5.32 Å². The van der Waals surface area contributed by atoms with E-state index >= 15 is 0 Å². The summed E-state index contributed by atoms with van der Waals surface area (Å²) in [7, 11) is 1.33. The van der Waals surface area contributed by atoms with Crippen LogP contribution in [0.4, 0.5) is 0 Å². The Kier molecular flexibility index (Phi) is 3.87. The molecule has 0 radical (unpaired) electrons. The molecule has 0 bridgehead atoms. The van der Waals surface area contributed by atoms with E-state index in [1.54, 1.807) is 0 Å². The Morgan fingerprint density at radius 1 is 1.58 bits per heavy atom. The van der Waals surface area contributed by atoms with E-state index in [2.05, 4.69) is 22.4 Å². The fraction of sp³-hybridized carbons (Fsp3) is 0.636. The molecule has 2 unspecified atom stereocenters. The quantitative estimate of drug-likeness (QED) is 0.808. The van der Waals surface area contributed by atoms with Crippen molar-refractivity contribution in [3.8, 4) is 0 Å². The van der Waals surface area contributed by atoms with Crippen LogP contribution in [-0.2, 0) is 9.05 Å². The number of carbonyl (C=O) groups excluding carboxylic acids is 1. The average Bonchev–Trinajstić information content (AvgIpc) is 2.87. The topological polar surface area (TPSA) is 91.9 Å². The maximum absolute atomic E-state index is 12.0. The summed E-state index contributed by atoms with van der Waals surface area (Å²) >= 11 is 0. The van der Waals surface area contributed by atoms with Crippen molar-refractivity contribution in [2.24, 2.45) is 5.92 Å². The molecule has 1 amide bonds. The average molecular weight is 306 g/mol. The Bertz CT molecular complexity index is 596. The zero-order valence-electron chi connectivity index (χ0n) is 10.7. The third-order valence-electron chi connectivity index (χ3n) is 3.25. The summed E-state index contributed by atoms with van der Waals surface area (Å²) in [6.07, 6.45) is 3.07. The van der Waals surface area contributed by atoms with Gasteiger partial charge in [0.25, 0.3) is 15.0 Å². The highest BCUT2D eigenvalue weighted by Crippen LogP contribution is 2.35. The maximum Gasteiger partial charge on any atom is 0.273 e. The molecule has 1 heterocycles. The molecule has 1 saturated carbocycles. The molecule has 1 aromatic heterocycles. The van der Waals surface area contributed by atoms with E-state index in [1.807, 2.05) is 0 Å². The first-order chi connectivity index (χ1) is 8.84. The minimum absolute atomic E-state index is 0.121. The minimum Gasteiger partial charge on any atom is -0.348 e. The van der Waals surface area contributed by atoms with Crippen molar-refractivity contribution in [1.82, 2.24) is 15.5 Å². The summed E-state index contributed by atoms with van der Waals surface area (Å²) in [4.78, 5) is 11.8. The van der Waals surface area contributed by atoms with Crippen molar-refractivity contribution in [1.29, 1.82) is 0 Å². The van der Waals surface area contributed by atoms with Gasteiger partial charge >= 0.3 is 0 Å². The van der Waals surface area contributed by atoms with E-state index in [-0.39, 0.29) is 22.3 Å². The third kappa shape index (κ3) is 3.09. The SMILES string of the molecule is CCCC1CC1NC(=O)c1n[nH]c(C)c1S(=O)(=O)Cl. The zero-order valence-corrected chi connectivity index (χ0v) is 12.3. The number of amides is 1. The third-order valence-corrected chi connectivity index (χ3v) is 4.70. The molecule has 6 nitrogen and oxygen atoms in total. The Labute approximate surface area is 116 Å². The lowest BCUT2D eigenvalue weighted by atomic mass is 10.2. The van der Waals surface area contributed by atoms with Crippen LogP contribution >= 0.6 is 10.7 Å². The van der Waals surface area contributed by atoms with Crippen LogP contribution in [0.25, 0.3) is 0 Å². The summed E-state index contributed by atoms with van der Waals surface area (Å²) in [6, 6.07) is 0.121. The number of H-pyrrole nitrogens is 1. The van der Waals surface area contributed by atoms with Crippen molar-refractivity contribution in [2.75, 3.05) is 0 Å². The van der Waals surface area contributed by atoms with Crippen LogP contribution in [0.3, 0.4) is 0 Å². The fourth-order valence-electron chi connectivity index (χ4n) is 2.22. The van der Waals surface area contributed by atoms with E-state index in [0.29, 0.717) is 5.92 Å². The van der Waals surface area contributed by atoms with E-state index in [9.17, 15) is 13.2 Å². The van der Waals surface area contributed by atoms with Crippen LogP contribution in [0.5, 0.6) is 0 Å². The summed E-state index contributed by atoms with van der Waals surface area (Å²) in [5, 5.41) is 9.00. The number of hydrogen-bond acceptors (Lipinski definition) is 4. The van der Waals surface area contributed by atoms with Gasteiger partial charge < -0.3 is 5.32 Å². The molecule has 2 rings (SSSR count). The van der Waals surface area contributed by atoms with Crippen molar-refractivity contribution >= 4 is 25.6 Å².